The van der Waals surface area contributed by atoms with Gasteiger partial charge in [-0.25, -0.2) is 0 Å². The second-order valence-corrected chi connectivity index (χ2v) is 6.48. The number of nitrogens with one attached hydrogen (secondary N) is 1. The third-order valence-electron chi connectivity index (χ3n) is 4.20. The van der Waals surface area contributed by atoms with E-state index in [1.165, 1.54) is 0 Å². The second-order valence-electron chi connectivity index (χ2n) is 6.48. The molecule has 0 saturated carbocycles. The van der Waals surface area contributed by atoms with Crippen LogP contribution in [0.15, 0.2) is 42.5 Å². The van der Waals surface area contributed by atoms with E-state index < -0.39 is 12.0 Å². The van der Waals surface area contributed by atoms with Gasteiger partial charge in [0.05, 0.1) is 24.5 Å². The van der Waals surface area contributed by atoms with Crippen molar-refractivity contribution in [2.45, 2.75) is 39.2 Å². The number of carbonyl (C=O) groups excluding carboxylic acids is 1. The lowest BCUT2D eigenvalue weighted by Crippen LogP contribution is -2.39. The molecule has 2 rings (SSSR count). The van der Waals surface area contributed by atoms with E-state index >= 15 is 0 Å². The van der Waals surface area contributed by atoms with Crippen LogP contribution in [-0.2, 0) is 22.4 Å². The molecule has 0 fully saturated rings. The summed E-state index contributed by atoms with van der Waals surface area (Å²) in [5.74, 6) is -1.16. The molecule has 5 heteroatoms. The first-order chi connectivity index (χ1) is 12.4. The zero-order valence-electron chi connectivity index (χ0n) is 15.0. The fourth-order valence-electron chi connectivity index (χ4n) is 2.88. The van der Waals surface area contributed by atoms with Crippen molar-refractivity contribution in [3.63, 3.8) is 0 Å². The van der Waals surface area contributed by atoms with Crippen molar-refractivity contribution in [1.82, 2.24) is 5.32 Å². The van der Waals surface area contributed by atoms with E-state index in [1.807, 2.05) is 38.1 Å². The van der Waals surface area contributed by atoms with Gasteiger partial charge in [0.2, 0.25) is 5.91 Å². The maximum absolute atomic E-state index is 12.4. The van der Waals surface area contributed by atoms with Crippen LogP contribution in [0, 0.1) is 25.2 Å². The topological polar surface area (TPSA) is 90.2 Å². The Kier molecular flexibility index (Phi) is 6.51. The van der Waals surface area contributed by atoms with Crippen LogP contribution in [0.25, 0.3) is 0 Å². The number of hydrogen-bond acceptors (Lipinski definition) is 3. The lowest BCUT2D eigenvalue weighted by molar-refractivity contribution is -0.137. The summed E-state index contributed by atoms with van der Waals surface area (Å²) in [6.07, 6.45) is 0.463. The van der Waals surface area contributed by atoms with Crippen LogP contribution in [0.1, 0.15) is 34.2 Å². The number of rotatable bonds is 7. The molecule has 0 spiro atoms. The lowest BCUT2D eigenvalue weighted by atomic mass is 10.0. The third kappa shape index (κ3) is 5.75. The molecule has 5 nitrogen and oxygen atoms in total. The Morgan fingerprint density at radius 2 is 1.85 bits per heavy atom. The standard InChI is InChI=1S/C21H22N2O3/c1-14-3-8-18(15(2)9-14)11-20(24)23-19(12-21(25)26)10-16-4-6-17(13-22)7-5-16/h3-9,19H,10-12H2,1-2H3,(H,23,24)(H,25,26). The summed E-state index contributed by atoms with van der Waals surface area (Å²) in [6, 6.07) is 14.4. The van der Waals surface area contributed by atoms with E-state index in [0.717, 1.165) is 22.3 Å². The second kappa shape index (κ2) is 8.82. The van der Waals surface area contributed by atoms with Crippen LogP contribution in [0.2, 0.25) is 0 Å². The molecule has 0 bridgehead atoms. The molecule has 26 heavy (non-hydrogen) atoms. The van der Waals surface area contributed by atoms with Gasteiger partial charge in [-0.05, 0) is 49.1 Å². The molecule has 0 heterocycles. The van der Waals surface area contributed by atoms with Crippen molar-refractivity contribution in [1.29, 1.82) is 5.26 Å². The summed E-state index contributed by atoms with van der Waals surface area (Å²) < 4.78 is 0. The van der Waals surface area contributed by atoms with Crippen molar-refractivity contribution < 1.29 is 14.7 Å². The summed E-state index contributed by atoms with van der Waals surface area (Å²) in [5, 5.41) is 20.8. The number of amides is 1. The fourth-order valence-corrected chi connectivity index (χ4v) is 2.88. The number of nitriles is 1. The predicted octanol–water partition coefficient (Wildman–Crippen LogP) is 2.92. The predicted molar refractivity (Wildman–Crippen MR) is 98.7 cm³/mol. The number of aryl methyl sites for hydroxylation is 2. The Bertz CT molecular complexity index is 835. The Morgan fingerprint density at radius 1 is 1.15 bits per heavy atom. The van der Waals surface area contributed by atoms with Gasteiger partial charge >= 0.3 is 5.97 Å². The van der Waals surface area contributed by atoms with Crippen LogP contribution in [0.3, 0.4) is 0 Å². The van der Waals surface area contributed by atoms with Crippen LogP contribution in [0.4, 0.5) is 0 Å². The van der Waals surface area contributed by atoms with E-state index in [1.54, 1.807) is 24.3 Å². The molecule has 0 aliphatic carbocycles. The molecule has 2 aromatic rings. The van der Waals surface area contributed by atoms with Crippen LogP contribution in [-0.4, -0.2) is 23.0 Å². The number of benzene rings is 2. The van der Waals surface area contributed by atoms with E-state index in [2.05, 4.69) is 5.32 Å². The molecule has 0 aliphatic heterocycles. The van der Waals surface area contributed by atoms with E-state index in [9.17, 15) is 9.59 Å². The highest BCUT2D eigenvalue weighted by Gasteiger charge is 2.17. The van der Waals surface area contributed by atoms with Crippen molar-refractivity contribution >= 4 is 11.9 Å². The van der Waals surface area contributed by atoms with Gasteiger partial charge < -0.3 is 10.4 Å². The summed E-state index contributed by atoms with van der Waals surface area (Å²) in [4.78, 5) is 23.5. The molecular weight excluding hydrogens is 328 g/mol. The molecule has 1 amide bonds. The smallest absolute Gasteiger partial charge is 0.305 e. The molecule has 134 valence electrons. The summed E-state index contributed by atoms with van der Waals surface area (Å²) in [7, 11) is 0. The maximum atomic E-state index is 12.4. The molecule has 0 radical (unpaired) electrons. The Labute approximate surface area is 153 Å². The average molecular weight is 350 g/mol. The van der Waals surface area contributed by atoms with Crippen molar-refractivity contribution in [3.8, 4) is 6.07 Å². The van der Waals surface area contributed by atoms with E-state index in [4.69, 9.17) is 10.4 Å². The van der Waals surface area contributed by atoms with Gasteiger partial charge in [0.25, 0.3) is 0 Å². The normalized spacial score (nSPS) is 11.4. The number of carboxylic acids is 1. The van der Waals surface area contributed by atoms with Gasteiger partial charge in [-0.15, -0.1) is 0 Å². The third-order valence-corrected chi connectivity index (χ3v) is 4.20. The van der Waals surface area contributed by atoms with E-state index in [-0.39, 0.29) is 18.7 Å². The van der Waals surface area contributed by atoms with Crippen molar-refractivity contribution in [2.24, 2.45) is 0 Å². The molecule has 0 aliphatic rings. The minimum Gasteiger partial charge on any atom is -0.481 e. The SMILES string of the molecule is Cc1ccc(CC(=O)NC(CC(=O)O)Cc2ccc(C#N)cc2)c(C)c1. The molecule has 2 N–H and O–H groups in total. The minimum absolute atomic E-state index is 0.154. The first kappa shape index (κ1) is 19.2. The summed E-state index contributed by atoms with van der Waals surface area (Å²) in [6.45, 7) is 3.96. The molecule has 1 atom stereocenters. The molecule has 2 aromatic carbocycles. The largest absolute Gasteiger partial charge is 0.481 e. The summed E-state index contributed by atoms with van der Waals surface area (Å²) >= 11 is 0. The van der Waals surface area contributed by atoms with Gasteiger partial charge in [0.15, 0.2) is 0 Å². The first-order valence-electron chi connectivity index (χ1n) is 8.43. The van der Waals surface area contributed by atoms with Crippen molar-refractivity contribution in [2.75, 3.05) is 0 Å². The van der Waals surface area contributed by atoms with Crippen LogP contribution >= 0.6 is 0 Å². The van der Waals surface area contributed by atoms with Crippen LogP contribution < -0.4 is 5.32 Å². The Balaban J connectivity index is 2.04. The zero-order chi connectivity index (χ0) is 19.1. The van der Waals surface area contributed by atoms with Gasteiger partial charge in [-0.3, -0.25) is 9.59 Å². The molecule has 0 saturated heterocycles. The van der Waals surface area contributed by atoms with Crippen LogP contribution in [0.5, 0.6) is 0 Å². The number of carbonyl (C=O) groups is 2. The van der Waals surface area contributed by atoms with Gasteiger partial charge in [-0.2, -0.15) is 5.26 Å². The van der Waals surface area contributed by atoms with Gasteiger partial charge in [-0.1, -0.05) is 35.9 Å². The highest BCUT2D eigenvalue weighted by molar-refractivity contribution is 5.80. The molecule has 1 unspecified atom stereocenters. The average Bonchev–Trinajstić information content (AvgIpc) is 2.57. The first-order valence-corrected chi connectivity index (χ1v) is 8.43. The number of hydrogen-bond donors (Lipinski definition) is 2. The minimum atomic E-state index is -0.963. The highest BCUT2D eigenvalue weighted by Crippen LogP contribution is 2.12. The lowest BCUT2D eigenvalue weighted by Gasteiger charge is -2.18. The number of nitrogens with zero attached hydrogens (tertiary/aromatic N) is 1. The van der Waals surface area contributed by atoms with Gasteiger partial charge in [0, 0.05) is 6.04 Å². The quantitative estimate of drug-likeness (QED) is 0.803. The Hall–Kier alpha value is -3.13. The van der Waals surface area contributed by atoms with Gasteiger partial charge in [0.1, 0.15) is 0 Å². The molecule has 0 aromatic heterocycles. The molecular formula is C21H22N2O3. The maximum Gasteiger partial charge on any atom is 0.305 e. The number of carboxylic acid groups (broad SMARTS) is 1. The highest BCUT2D eigenvalue weighted by atomic mass is 16.4. The van der Waals surface area contributed by atoms with Crippen molar-refractivity contribution in [3.05, 3.63) is 70.3 Å². The fraction of sp³-hybridized carbons (Fsp3) is 0.286. The monoisotopic (exact) mass is 350 g/mol. The number of aliphatic carboxylic acids is 1. The van der Waals surface area contributed by atoms with E-state index in [0.29, 0.717) is 12.0 Å². The zero-order valence-corrected chi connectivity index (χ0v) is 15.0. The summed E-state index contributed by atoms with van der Waals surface area (Å²) in [5.41, 5.74) is 4.53. The Morgan fingerprint density at radius 3 is 2.42 bits per heavy atom.